The highest BCUT2D eigenvalue weighted by Gasteiger charge is 2.18. The van der Waals surface area contributed by atoms with Gasteiger partial charge in [-0.05, 0) is 42.3 Å². The lowest BCUT2D eigenvalue weighted by Crippen LogP contribution is -2.41. The molecule has 0 unspecified atom stereocenters. The second-order valence-electron chi connectivity index (χ2n) is 5.78. The number of carbonyl (C=O) groups is 1. The number of aromatic nitrogens is 2. The van der Waals surface area contributed by atoms with Crippen molar-refractivity contribution in [3.63, 3.8) is 0 Å². The van der Waals surface area contributed by atoms with Crippen molar-refractivity contribution < 1.29 is 18.7 Å². The molecule has 27 heavy (non-hydrogen) atoms. The Morgan fingerprint density at radius 3 is 2.30 bits per heavy atom. The van der Waals surface area contributed by atoms with Crippen molar-refractivity contribution in [1.29, 1.82) is 0 Å². The summed E-state index contributed by atoms with van der Waals surface area (Å²) < 4.78 is 28.6. The highest BCUT2D eigenvalue weighted by atomic mass is 19.1. The van der Waals surface area contributed by atoms with Gasteiger partial charge in [0.15, 0.2) is 0 Å². The molecule has 0 amide bonds. The van der Waals surface area contributed by atoms with Crippen molar-refractivity contribution in [3.8, 4) is 5.69 Å². The minimum Gasteiger partial charge on any atom is -0.477 e. The lowest BCUT2D eigenvalue weighted by atomic mass is 10.1. The van der Waals surface area contributed by atoms with Gasteiger partial charge in [-0.25, -0.2) is 22.9 Å². The summed E-state index contributed by atoms with van der Waals surface area (Å²) in [5.74, 6) is -2.52. The van der Waals surface area contributed by atoms with E-state index < -0.39 is 34.4 Å². The van der Waals surface area contributed by atoms with Crippen molar-refractivity contribution in [2.75, 3.05) is 0 Å². The van der Waals surface area contributed by atoms with E-state index in [0.717, 1.165) is 22.9 Å². The molecule has 0 aliphatic rings. The summed E-state index contributed by atoms with van der Waals surface area (Å²) in [7, 11) is 0. The summed E-state index contributed by atoms with van der Waals surface area (Å²) >= 11 is 0. The average Bonchev–Trinajstić information content (AvgIpc) is 2.63. The topological polar surface area (TPSA) is 81.3 Å². The Labute approximate surface area is 151 Å². The van der Waals surface area contributed by atoms with Crippen LogP contribution < -0.4 is 11.2 Å². The molecule has 8 heteroatoms. The van der Waals surface area contributed by atoms with Crippen molar-refractivity contribution >= 4 is 5.97 Å². The van der Waals surface area contributed by atoms with Crippen LogP contribution in [0.3, 0.4) is 0 Å². The number of carboxylic acids is 1. The zero-order valence-electron chi connectivity index (χ0n) is 13.9. The van der Waals surface area contributed by atoms with E-state index in [9.17, 15) is 28.3 Å². The normalized spacial score (nSPS) is 10.7. The van der Waals surface area contributed by atoms with Crippen molar-refractivity contribution in [2.45, 2.75) is 13.0 Å². The zero-order valence-corrected chi connectivity index (χ0v) is 13.9. The van der Waals surface area contributed by atoms with Gasteiger partial charge in [0, 0.05) is 12.7 Å². The Hall–Kier alpha value is -3.55. The molecule has 3 rings (SSSR count). The lowest BCUT2D eigenvalue weighted by Gasteiger charge is -2.12. The second kappa shape index (κ2) is 7.36. The van der Waals surface area contributed by atoms with Gasteiger partial charge in [0.2, 0.25) is 0 Å². The Morgan fingerprint density at radius 1 is 1.00 bits per heavy atom. The molecule has 1 heterocycles. The predicted octanol–water partition coefficient (Wildman–Crippen LogP) is 2.22. The first-order chi connectivity index (χ1) is 12.9. The highest BCUT2D eigenvalue weighted by Crippen LogP contribution is 2.09. The minimum atomic E-state index is -1.50. The Kier molecular flexibility index (Phi) is 4.98. The lowest BCUT2D eigenvalue weighted by molar-refractivity contribution is 0.0693. The van der Waals surface area contributed by atoms with Crippen molar-refractivity contribution in [1.82, 2.24) is 9.13 Å². The maximum absolute atomic E-state index is 13.8. The average molecular weight is 372 g/mol. The van der Waals surface area contributed by atoms with Crippen LogP contribution in [0, 0.1) is 11.6 Å². The number of hydrogen-bond donors (Lipinski definition) is 1. The van der Waals surface area contributed by atoms with Crippen LogP contribution in [0.5, 0.6) is 0 Å². The van der Waals surface area contributed by atoms with Gasteiger partial charge in [-0.2, -0.15) is 0 Å². The summed E-state index contributed by atoms with van der Waals surface area (Å²) in [5, 5.41) is 9.28. The van der Waals surface area contributed by atoms with E-state index in [1.807, 2.05) is 0 Å². The Bertz CT molecular complexity index is 1120. The fraction of sp³-hybridized carbons (Fsp3) is 0.105. The van der Waals surface area contributed by atoms with E-state index in [2.05, 4.69) is 0 Å². The molecule has 0 saturated carbocycles. The zero-order chi connectivity index (χ0) is 19.6. The third-order valence-corrected chi connectivity index (χ3v) is 4.05. The van der Waals surface area contributed by atoms with Crippen molar-refractivity contribution in [3.05, 3.63) is 98.3 Å². The smallest absolute Gasteiger partial charge is 0.342 e. The monoisotopic (exact) mass is 372 g/mol. The molecule has 6 nitrogen and oxygen atoms in total. The first kappa shape index (κ1) is 18.2. The fourth-order valence-electron chi connectivity index (χ4n) is 2.67. The quantitative estimate of drug-likeness (QED) is 0.745. The van der Waals surface area contributed by atoms with Crippen LogP contribution in [0.1, 0.15) is 15.9 Å². The van der Waals surface area contributed by atoms with Gasteiger partial charge < -0.3 is 5.11 Å². The molecule has 3 aromatic rings. The van der Waals surface area contributed by atoms with Gasteiger partial charge in [0.1, 0.15) is 17.2 Å². The number of benzene rings is 2. The first-order valence-electron chi connectivity index (χ1n) is 7.97. The van der Waals surface area contributed by atoms with Gasteiger partial charge in [0.25, 0.3) is 5.56 Å². The third-order valence-electron chi connectivity index (χ3n) is 4.05. The van der Waals surface area contributed by atoms with Crippen LogP contribution >= 0.6 is 0 Å². The molecule has 138 valence electrons. The van der Waals surface area contributed by atoms with Crippen LogP contribution in [0.25, 0.3) is 5.69 Å². The van der Waals surface area contributed by atoms with Crippen LogP contribution in [-0.2, 0) is 13.0 Å². The van der Waals surface area contributed by atoms with Crippen LogP contribution in [-0.4, -0.2) is 20.2 Å². The van der Waals surface area contributed by atoms with E-state index in [1.165, 1.54) is 24.3 Å². The van der Waals surface area contributed by atoms with Gasteiger partial charge in [-0.3, -0.25) is 9.36 Å². The molecule has 0 radical (unpaired) electrons. The highest BCUT2D eigenvalue weighted by molar-refractivity contribution is 5.86. The molecular formula is C19H14F2N2O4. The molecule has 0 fully saturated rings. The molecule has 1 N–H and O–H groups in total. The van der Waals surface area contributed by atoms with Crippen LogP contribution in [0.2, 0.25) is 0 Å². The Morgan fingerprint density at radius 2 is 1.67 bits per heavy atom. The van der Waals surface area contributed by atoms with E-state index in [0.29, 0.717) is 10.1 Å². The summed E-state index contributed by atoms with van der Waals surface area (Å²) in [6.07, 6.45) is 1.06. The predicted molar refractivity (Wildman–Crippen MR) is 93.3 cm³/mol. The number of rotatable bonds is 5. The third kappa shape index (κ3) is 3.69. The number of hydrogen-bond acceptors (Lipinski definition) is 3. The van der Waals surface area contributed by atoms with Gasteiger partial charge >= 0.3 is 11.7 Å². The minimum absolute atomic E-state index is 0.0362. The maximum atomic E-state index is 13.8. The van der Waals surface area contributed by atoms with Gasteiger partial charge in [-0.1, -0.05) is 18.2 Å². The summed E-state index contributed by atoms with van der Waals surface area (Å²) in [4.78, 5) is 36.5. The molecule has 2 aromatic carbocycles. The summed E-state index contributed by atoms with van der Waals surface area (Å²) in [6, 6.07) is 10.5. The summed E-state index contributed by atoms with van der Waals surface area (Å²) in [5.41, 5.74) is -2.06. The van der Waals surface area contributed by atoms with E-state index >= 15 is 0 Å². The number of nitrogens with zero attached hydrogens (tertiary/aromatic N) is 2. The van der Waals surface area contributed by atoms with Gasteiger partial charge in [-0.15, -0.1) is 0 Å². The molecule has 0 spiro atoms. The van der Waals surface area contributed by atoms with E-state index in [-0.39, 0.29) is 18.7 Å². The van der Waals surface area contributed by atoms with E-state index in [4.69, 9.17) is 0 Å². The molecule has 0 aliphatic carbocycles. The number of carboxylic acid groups (broad SMARTS) is 1. The Balaban J connectivity index is 2.10. The largest absolute Gasteiger partial charge is 0.477 e. The molecule has 0 bridgehead atoms. The molecule has 1 aromatic heterocycles. The number of aryl methyl sites for hydroxylation is 2. The SMILES string of the molecule is O=C(O)c1cn(CCc2ccccc2F)c(=O)n(-c2ccc(F)cc2)c1=O. The first-order valence-corrected chi connectivity index (χ1v) is 7.97. The van der Waals surface area contributed by atoms with Crippen LogP contribution in [0.15, 0.2) is 64.3 Å². The molecule has 0 atom stereocenters. The summed E-state index contributed by atoms with van der Waals surface area (Å²) in [6.45, 7) is -0.0402. The second-order valence-corrected chi connectivity index (χ2v) is 5.78. The standard InChI is InChI=1S/C19H14F2N2O4/c20-13-5-7-14(8-6-13)23-17(24)15(18(25)26)11-22(19(23)27)10-9-12-3-1-2-4-16(12)21/h1-8,11H,9-10H2,(H,25,26). The molecule has 0 aliphatic heterocycles. The van der Waals surface area contributed by atoms with Gasteiger partial charge in [0.05, 0.1) is 5.69 Å². The maximum Gasteiger partial charge on any atom is 0.342 e. The number of halogens is 2. The van der Waals surface area contributed by atoms with E-state index in [1.54, 1.807) is 12.1 Å². The molecular weight excluding hydrogens is 358 g/mol. The number of aromatic carboxylic acids is 1. The molecule has 0 saturated heterocycles. The van der Waals surface area contributed by atoms with Crippen LogP contribution in [0.4, 0.5) is 8.78 Å². The van der Waals surface area contributed by atoms with Crippen molar-refractivity contribution in [2.24, 2.45) is 0 Å². The fourth-order valence-corrected chi connectivity index (χ4v) is 2.67.